The molecule has 0 spiro atoms. The van der Waals surface area contributed by atoms with Crippen molar-refractivity contribution < 1.29 is 50.4 Å². The average Bonchev–Trinajstić information content (AvgIpc) is 3.02. The molecule has 5 nitrogen and oxygen atoms in total. The van der Waals surface area contributed by atoms with Crippen LogP contribution in [0.15, 0.2) is 29.8 Å². The zero-order valence-electron chi connectivity index (χ0n) is 15.4. The number of anilines is 1. The Hall–Kier alpha value is -1.30. The maximum atomic E-state index is 12.3. The summed E-state index contributed by atoms with van der Waals surface area (Å²) < 4.78 is 5.34. The molecule has 0 saturated heterocycles. The van der Waals surface area contributed by atoms with Gasteiger partial charge in [0.15, 0.2) is 0 Å². The van der Waals surface area contributed by atoms with E-state index < -0.39 is 5.97 Å². The van der Waals surface area contributed by atoms with Crippen molar-refractivity contribution in [3.05, 3.63) is 35.4 Å². The molecule has 0 heterocycles. The van der Waals surface area contributed by atoms with Gasteiger partial charge in [-0.2, -0.15) is 0 Å². The summed E-state index contributed by atoms with van der Waals surface area (Å²) >= 11 is 0. The van der Waals surface area contributed by atoms with Gasteiger partial charge in [-0.15, -0.1) is 0 Å². The van der Waals surface area contributed by atoms with Crippen molar-refractivity contribution in [2.45, 2.75) is 39.0 Å². The van der Waals surface area contributed by atoms with E-state index in [1.54, 1.807) is 0 Å². The van der Waals surface area contributed by atoms with Gasteiger partial charge in [0.2, 0.25) is 0 Å². The number of hydrogen-bond acceptors (Lipinski definition) is 4. The van der Waals surface area contributed by atoms with Crippen molar-refractivity contribution in [1.29, 1.82) is 0 Å². The number of nitrogens with one attached hydrogen (secondary N) is 1. The Balaban J connectivity index is 0.00000288. The molecular weight excluding hydrogens is 317 g/mol. The van der Waals surface area contributed by atoms with Gasteiger partial charge < -0.3 is 16.6 Å². The topological polar surface area (TPSA) is 75.6 Å². The van der Waals surface area contributed by atoms with E-state index >= 15 is 0 Å². The van der Waals surface area contributed by atoms with Gasteiger partial charge in [0, 0.05) is 16.8 Å². The van der Waals surface area contributed by atoms with Crippen molar-refractivity contribution in [2.24, 2.45) is 0 Å². The zero-order chi connectivity index (χ0) is 16.7. The van der Waals surface area contributed by atoms with Crippen LogP contribution in [-0.4, -0.2) is 30.2 Å². The van der Waals surface area contributed by atoms with Crippen LogP contribution in [0.5, 0.6) is 0 Å². The number of carboxylic acid groups (broad SMARTS) is 1. The number of rotatable bonds is 8. The Bertz CT molecular complexity index is 619. The minimum absolute atomic E-state index is 0. The molecule has 1 aromatic rings. The fourth-order valence-corrected chi connectivity index (χ4v) is 2.73. The predicted molar refractivity (Wildman–Crippen MR) is 90.3 cm³/mol. The second-order valence-electron chi connectivity index (χ2n) is 5.59. The van der Waals surface area contributed by atoms with Crippen molar-refractivity contribution in [3.8, 4) is 0 Å². The van der Waals surface area contributed by atoms with Gasteiger partial charge in [-0.05, 0) is 37.3 Å². The van der Waals surface area contributed by atoms with Crippen LogP contribution in [0, 0.1) is 0 Å². The first-order valence-electron chi connectivity index (χ1n) is 8.07. The number of aliphatic carboxylic acids is 1. The van der Waals surface area contributed by atoms with Gasteiger partial charge in [0.1, 0.15) is 6.54 Å². The molecular formula is C18H24NNaO4. The van der Waals surface area contributed by atoms with Crippen molar-refractivity contribution in [1.82, 2.24) is 0 Å². The summed E-state index contributed by atoms with van der Waals surface area (Å²) in [5.74, 6) is -1.15. The Labute approximate surface area is 166 Å². The first kappa shape index (κ1) is 20.7. The van der Waals surface area contributed by atoms with Gasteiger partial charge in [-0.3, -0.25) is 4.79 Å². The van der Waals surface area contributed by atoms with E-state index in [0.717, 1.165) is 48.1 Å². The summed E-state index contributed by atoms with van der Waals surface area (Å²) in [7, 11) is 0. The van der Waals surface area contributed by atoms with Gasteiger partial charge in [0.25, 0.3) is 0 Å². The molecule has 1 aliphatic rings. The standard InChI is InChI=1S/C18H23NO4.Na.H/c1-2-3-11-23-18(22)15-9-6-8-13(15)14-7-4-5-10-16(14)19-12-17(20)21;;/h4-5,7,10,19H,2-3,6,8-9,11-12H2,1H3,(H,20,21);;/q;+1;-1. The number of para-hydroxylation sites is 1. The van der Waals surface area contributed by atoms with Crippen LogP contribution in [0.1, 0.15) is 46.0 Å². The summed E-state index contributed by atoms with van der Waals surface area (Å²) in [6.45, 7) is 2.35. The summed E-state index contributed by atoms with van der Waals surface area (Å²) in [6, 6.07) is 7.50. The molecule has 0 aromatic heterocycles. The van der Waals surface area contributed by atoms with E-state index in [2.05, 4.69) is 12.2 Å². The van der Waals surface area contributed by atoms with Crippen LogP contribution in [-0.2, 0) is 14.3 Å². The minimum atomic E-state index is -0.917. The summed E-state index contributed by atoms with van der Waals surface area (Å²) in [5.41, 5.74) is 3.34. The van der Waals surface area contributed by atoms with E-state index in [9.17, 15) is 9.59 Å². The van der Waals surface area contributed by atoms with E-state index in [0.29, 0.717) is 13.0 Å². The molecule has 0 atom stereocenters. The van der Waals surface area contributed by atoms with Crippen LogP contribution < -0.4 is 34.9 Å². The molecule has 0 saturated carbocycles. The first-order valence-corrected chi connectivity index (χ1v) is 8.07. The molecule has 126 valence electrons. The third-order valence-corrected chi connectivity index (χ3v) is 3.88. The van der Waals surface area contributed by atoms with Gasteiger partial charge in [-0.1, -0.05) is 31.5 Å². The number of carbonyl (C=O) groups excluding carboxylic acids is 1. The summed E-state index contributed by atoms with van der Waals surface area (Å²) in [6.07, 6.45) is 4.30. The Morgan fingerprint density at radius 3 is 2.75 bits per heavy atom. The van der Waals surface area contributed by atoms with Gasteiger partial charge >= 0.3 is 41.5 Å². The second kappa shape index (κ2) is 10.5. The maximum Gasteiger partial charge on any atom is 1.00 e. The van der Waals surface area contributed by atoms with Crippen molar-refractivity contribution in [3.63, 3.8) is 0 Å². The van der Waals surface area contributed by atoms with Crippen LogP contribution in [0.4, 0.5) is 5.69 Å². The van der Waals surface area contributed by atoms with Crippen LogP contribution in [0.25, 0.3) is 5.57 Å². The number of carbonyl (C=O) groups is 2. The van der Waals surface area contributed by atoms with E-state index in [-0.39, 0.29) is 43.5 Å². The van der Waals surface area contributed by atoms with Crippen LogP contribution >= 0.6 is 0 Å². The van der Waals surface area contributed by atoms with Crippen molar-refractivity contribution in [2.75, 3.05) is 18.5 Å². The van der Waals surface area contributed by atoms with E-state index in [4.69, 9.17) is 9.84 Å². The Morgan fingerprint density at radius 1 is 1.29 bits per heavy atom. The molecule has 1 aromatic carbocycles. The molecule has 0 bridgehead atoms. The third kappa shape index (κ3) is 5.65. The van der Waals surface area contributed by atoms with Crippen LogP contribution in [0.3, 0.4) is 0 Å². The molecule has 2 N–H and O–H groups in total. The quantitative estimate of drug-likeness (QED) is 0.411. The van der Waals surface area contributed by atoms with Crippen molar-refractivity contribution >= 4 is 23.2 Å². The minimum Gasteiger partial charge on any atom is -1.00 e. The molecule has 0 unspecified atom stereocenters. The number of unbranched alkanes of at least 4 members (excludes halogenated alkanes) is 1. The number of allylic oxidation sites excluding steroid dienone is 1. The number of esters is 1. The fourth-order valence-electron chi connectivity index (χ4n) is 2.73. The second-order valence-corrected chi connectivity index (χ2v) is 5.59. The molecule has 2 rings (SSSR count). The molecule has 1 aliphatic carbocycles. The van der Waals surface area contributed by atoms with E-state index in [1.807, 2.05) is 24.3 Å². The number of hydrogen-bond donors (Lipinski definition) is 2. The molecule has 0 fully saturated rings. The largest absolute Gasteiger partial charge is 1.00 e. The van der Waals surface area contributed by atoms with Gasteiger partial charge in [0.05, 0.1) is 6.61 Å². The third-order valence-electron chi connectivity index (χ3n) is 3.88. The molecule has 0 aliphatic heterocycles. The van der Waals surface area contributed by atoms with E-state index in [1.165, 1.54) is 0 Å². The SMILES string of the molecule is CCCCOC(=O)C1=C(c2ccccc2NCC(=O)O)CCC1.[H-].[Na+]. The summed E-state index contributed by atoms with van der Waals surface area (Å²) in [5, 5.41) is 11.8. The normalized spacial score (nSPS) is 13.4. The zero-order valence-corrected chi connectivity index (χ0v) is 16.4. The Kier molecular flexibility index (Phi) is 9.11. The maximum absolute atomic E-state index is 12.3. The predicted octanol–water partition coefficient (Wildman–Crippen LogP) is 0.580. The average molecular weight is 341 g/mol. The molecule has 0 radical (unpaired) electrons. The number of carboxylic acids is 1. The monoisotopic (exact) mass is 341 g/mol. The fraction of sp³-hybridized carbons (Fsp3) is 0.444. The number of ether oxygens (including phenoxy) is 1. The first-order chi connectivity index (χ1) is 11.1. The summed E-state index contributed by atoms with van der Waals surface area (Å²) in [4.78, 5) is 23.1. The Morgan fingerprint density at radius 2 is 2.04 bits per heavy atom. The van der Waals surface area contributed by atoms with Gasteiger partial charge in [-0.25, -0.2) is 4.79 Å². The smallest absolute Gasteiger partial charge is 1.00 e. The molecule has 6 heteroatoms. The molecule has 24 heavy (non-hydrogen) atoms. The van der Waals surface area contributed by atoms with Crippen LogP contribution in [0.2, 0.25) is 0 Å². The molecule has 0 amide bonds. The number of benzene rings is 1.